The molecule has 0 atom stereocenters. The van der Waals surface area contributed by atoms with Crippen molar-refractivity contribution >= 4 is 60.9 Å². The molecule has 0 saturated carbocycles. The average Bonchev–Trinajstić information content (AvgIpc) is 3.38. The smallest absolute Gasteiger partial charge is 0.295 e. The van der Waals surface area contributed by atoms with E-state index in [4.69, 9.17) is 4.42 Å². The van der Waals surface area contributed by atoms with Crippen LogP contribution in [0.4, 0.5) is 5.13 Å². The van der Waals surface area contributed by atoms with Gasteiger partial charge in [0.2, 0.25) is 0 Å². The number of rotatable bonds is 6. The van der Waals surface area contributed by atoms with E-state index in [1.807, 2.05) is 29.8 Å². The predicted octanol–water partition coefficient (Wildman–Crippen LogP) is 5.32. The number of benzene rings is 1. The van der Waals surface area contributed by atoms with E-state index in [0.717, 1.165) is 23.2 Å². The summed E-state index contributed by atoms with van der Waals surface area (Å²) in [5.74, 6) is 0.0991. The molecule has 0 aliphatic rings. The first-order chi connectivity index (χ1) is 13.1. The number of aromatic nitrogens is 3. The summed E-state index contributed by atoms with van der Waals surface area (Å²) in [5.41, 5.74) is 2.07. The molecule has 0 bridgehead atoms. The topological polar surface area (TPSA) is 64.2 Å². The van der Waals surface area contributed by atoms with Gasteiger partial charge in [0.05, 0.1) is 16.5 Å². The maximum Gasteiger partial charge on any atom is 0.295 e. The summed E-state index contributed by atoms with van der Waals surface area (Å²) in [6.45, 7) is 3.36. The Kier molecular flexibility index (Phi) is 6.53. The number of hydrogen-bond donors (Lipinski definition) is 0. The van der Waals surface area contributed by atoms with Gasteiger partial charge in [-0.2, -0.15) is 0 Å². The molecule has 3 aromatic heterocycles. The van der Waals surface area contributed by atoms with Gasteiger partial charge in [-0.3, -0.25) is 9.69 Å². The van der Waals surface area contributed by atoms with Gasteiger partial charge in [-0.25, -0.2) is 9.97 Å². The molecule has 0 spiro atoms. The molecule has 146 valence electrons. The number of imidazole rings is 1. The second kappa shape index (κ2) is 8.89. The number of thiazole rings is 1. The highest BCUT2D eigenvalue weighted by molar-refractivity contribution is 9.10. The number of fused-ring (bicyclic) bond motifs is 1. The molecule has 0 aliphatic carbocycles. The largest absolute Gasteiger partial charge is 0.444 e. The first-order valence-electron chi connectivity index (χ1n) is 8.50. The fraction of sp³-hybridized carbons (Fsp3) is 0.211. The van der Waals surface area contributed by atoms with Crippen molar-refractivity contribution in [2.75, 3.05) is 11.4 Å². The Labute approximate surface area is 180 Å². The Morgan fingerprint density at radius 1 is 1.32 bits per heavy atom. The van der Waals surface area contributed by atoms with Gasteiger partial charge in [-0.05, 0) is 59.1 Å². The molecule has 4 rings (SSSR count). The van der Waals surface area contributed by atoms with Crippen LogP contribution < -0.4 is 4.90 Å². The molecule has 0 fully saturated rings. The Hall–Kier alpha value is -2.16. The van der Waals surface area contributed by atoms with E-state index in [-0.39, 0.29) is 18.3 Å². The Morgan fingerprint density at radius 3 is 2.89 bits per heavy atom. The van der Waals surface area contributed by atoms with Crippen molar-refractivity contribution < 1.29 is 9.21 Å². The second-order valence-corrected chi connectivity index (χ2v) is 7.97. The fourth-order valence-corrected chi connectivity index (χ4v) is 4.21. The van der Waals surface area contributed by atoms with Crippen LogP contribution in [0.1, 0.15) is 22.5 Å². The molecule has 6 nitrogen and oxygen atoms in total. The van der Waals surface area contributed by atoms with Crippen LogP contribution in [0.25, 0.3) is 10.2 Å². The zero-order valence-electron chi connectivity index (χ0n) is 15.0. The zero-order chi connectivity index (χ0) is 18.8. The van der Waals surface area contributed by atoms with Gasteiger partial charge in [0, 0.05) is 25.5 Å². The van der Waals surface area contributed by atoms with E-state index < -0.39 is 0 Å². The molecule has 0 saturated heterocycles. The third-order valence-corrected chi connectivity index (χ3v) is 5.62. The standard InChI is InChI=1S/C19H17BrN4O2S.ClH/c1-13-3-4-14-16(11-13)27-19(22-14)24(9-2-8-23-10-7-21-12-23)18(25)15-5-6-17(20)26-15;/h3-7,10-12H,2,8-9H2,1H3;1H. The molecule has 3 heterocycles. The second-order valence-electron chi connectivity index (χ2n) is 6.18. The lowest BCUT2D eigenvalue weighted by molar-refractivity contribution is 0.0958. The van der Waals surface area contributed by atoms with E-state index in [2.05, 4.69) is 32.0 Å². The van der Waals surface area contributed by atoms with Crippen LogP contribution in [-0.4, -0.2) is 27.0 Å². The zero-order valence-corrected chi connectivity index (χ0v) is 18.3. The molecular weight excluding hydrogens is 464 g/mol. The molecule has 1 amide bonds. The highest BCUT2D eigenvalue weighted by Crippen LogP contribution is 2.31. The van der Waals surface area contributed by atoms with Crippen LogP contribution in [0.15, 0.2) is 58.1 Å². The fourth-order valence-electron chi connectivity index (χ4n) is 2.81. The highest BCUT2D eigenvalue weighted by Gasteiger charge is 2.23. The number of nitrogens with zero attached hydrogens (tertiary/aromatic N) is 4. The molecule has 1 aromatic carbocycles. The number of halogens is 2. The number of carbonyl (C=O) groups is 1. The first kappa shape index (κ1) is 20.6. The minimum atomic E-state index is -0.192. The maximum atomic E-state index is 13.1. The van der Waals surface area contributed by atoms with Gasteiger partial charge in [-0.15, -0.1) is 12.4 Å². The van der Waals surface area contributed by atoms with Gasteiger partial charge in [0.15, 0.2) is 15.6 Å². The molecular formula is C19H18BrClN4O2S. The Morgan fingerprint density at radius 2 is 2.18 bits per heavy atom. The van der Waals surface area contributed by atoms with Crippen LogP contribution in [0.5, 0.6) is 0 Å². The van der Waals surface area contributed by atoms with Crippen LogP contribution in [-0.2, 0) is 6.54 Å². The third kappa shape index (κ3) is 4.45. The molecule has 28 heavy (non-hydrogen) atoms. The van der Waals surface area contributed by atoms with E-state index in [9.17, 15) is 4.79 Å². The van der Waals surface area contributed by atoms with E-state index in [1.54, 1.807) is 29.6 Å². The lowest BCUT2D eigenvalue weighted by atomic mass is 10.2. The molecule has 0 unspecified atom stereocenters. The lowest BCUT2D eigenvalue weighted by Crippen LogP contribution is -2.32. The quantitative estimate of drug-likeness (QED) is 0.374. The van der Waals surface area contributed by atoms with E-state index in [1.165, 1.54) is 16.9 Å². The van der Waals surface area contributed by atoms with Gasteiger partial charge in [0.1, 0.15) is 0 Å². The number of anilines is 1. The summed E-state index contributed by atoms with van der Waals surface area (Å²) in [5, 5.41) is 0.679. The monoisotopic (exact) mass is 480 g/mol. The Balaban J connectivity index is 0.00000225. The minimum absolute atomic E-state index is 0. The molecule has 0 N–H and O–H groups in total. The highest BCUT2D eigenvalue weighted by atomic mass is 79.9. The summed E-state index contributed by atoms with van der Waals surface area (Å²) < 4.78 is 9.07. The van der Waals surface area contributed by atoms with Crippen molar-refractivity contribution in [1.29, 1.82) is 0 Å². The van der Waals surface area contributed by atoms with Crippen LogP contribution >= 0.6 is 39.7 Å². The van der Waals surface area contributed by atoms with Gasteiger partial charge >= 0.3 is 0 Å². The number of aryl methyl sites for hydroxylation is 2. The lowest BCUT2D eigenvalue weighted by Gasteiger charge is -2.18. The van der Waals surface area contributed by atoms with Gasteiger partial charge < -0.3 is 8.98 Å². The van der Waals surface area contributed by atoms with Crippen molar-refractivity contribution in [3.8, 4) is 0 Å². The van der Waals surface area contributed by atoms with Crippen molar-refractivity contribution in [3.05, 3.63) is 65.0 Å². The summed E-state index contributed by atoms with van der Waals surface area (Å²) in [6.07, 6.45) is 6.21. The summed E-state index contributed by atoms with van der Waals surface area (Å²) in [4.78, 5) is 23.5. The van der Waals surface area contributed by atoms with Crippen LogP contribution in [0.2, 0.25) is 0 Å². The number of amides is 1. The van der Waals surface area contributed by atoms with Crippen LogP contribution in [0, 0.1) is 6.92 Å². The third-order valence-electron chi connectivity index (χ3n) is 4.15. The van der Waals surface area contributed by atoms with Crippen LogP contribution in [0.3, 0.4) is 0 Å². The van der Waals surface area contributed by atoms with Crippen molar-refractivity contribution in [1.82, 2.24) is 14.5 Å². The van der Waals surface area contributed by atoms with Crippen molar-refractivity contribution in [2.45, 2.75) is 19.9 Å². The molecule has 0 aliphatic heterocycles. The summed E-state index contributed by atoms with van der Waals surface area (Å²) in [6, 6.07) is 9.50. The molecule has 4 aromatic rings. The van der Waals surface area contributed by atoms with Gasteiger partial charge in [0.25, 0.3) is 5.91 Å². The number of furan rings is 1. The van der Waals surface area contributed by atoms with Crippen molar-refractivity contribution in [2.24, 2.45) is 0 Å². The summed E-state index contributed by atoms with van der Waals surface area (Å²) >= 11 is 4.78. The summed E-state index contributed by atoms with van der Waals surface area (Å²) in [7, 11) is 0. The van der Waals surface area contributed by atoms with E-state index >= 15 is 0 Å². The molecule has 0 radical (unpaired) electrons. The average molecular weight is 482 g/mol. The van der Waals surface area contributed by atoms with Gasteiger partial charge in [-0.1, -0.05) is 17.4 Å². The minimum Gasteiger partial charge on any atom is -0.444 e. The SMILES string of the molecule is Cc1ccc2nc(N(CCCn3ccnc3)C(=O)c3ccc(Br)o3)sc2c1.Cl. The maximum absolute atomic E-state index is 13.1. The van der Waals surface area contributed by atoms with E-state index in [0.29, 0.717) is 22.1 Å². The van der Waals surface area contributed by atoms with Crippen molar-refractivity contribution in [3.63, 3.8) is 0 Å². The molecule has 9 heteroatoms. The number of carbonyl (C=O) groups excluding carboxylic acids is 1. The number of hydrogen-bond acceptors (Lipinski definition) is 5. The predicted molar refractivity (Wildman–Crippen MR) is 117 cm³/mol. The first-order valence-corrected chi connectivity index (χ1v) is 10.1. The normalized spacial score (nSPS) is 10.8. The Bertz CT molecular complexity index is 1080.